The molecule has 0 unspecified atom stereocenters. The van der Waals surface area contributed by atoms with Crippen molar-refractivity contribution in [3.63, 3.8) is 0 Å². The number of carbonyl (C=O) groups excluding carboxylic acids is 2. The molecule has 2 heterocycles. The second-order valence-corrected chi connectivity index (χ2v) is 7.91. The third-order valence-electron chi connectivity index (χ3n) is 4.64. The van der Waals surface area contributed by atoms with E-state index in [4.69, 9.17) is 0 Å². The molecule has 2 aliphatic heterocycles. The highest BCUT2D eigenvalue weighted by atomic mass is 32.2. The van der Waals surface area contributed by atoms with Crippen LogP contribution in [0.25, 0.3) is 0 Å². The molecular formula is C18H17N3O4S. The van der Waals surface area contributed by atoms with Gasteiger partial charge in [-0.25, -0.2) is 9.10 Å². The van der Waals surface area contributed by atoms with Crippen LogP contribution in [0.3, 0.4) is 0 Å². The number of nitrogens with zero attached hydrogens (tertiary/aromatic N) is 3. The number of anilines is 1. The average molecular weight is 371 g/mol. The summed E-state index contributed by atoms with van der Waals surface area (Å²) < 4.78 is 28.0. The van der Waals surface area contributed by atoms with E-state index in [-0.39, 0.29) is 19.6 Å². The molecule has 2 aromatic rings. The van der Waals surface area contributed by atoms with Crippen molar-refractivity contribution in [1.82, 2.24) is 9.21 Å². The zero-order chi connectivity index (χ0) is 18.3. The van der Waals surface area contributed by atoms with Crippen molar-refractivity contribution in [2.45, 2.75) is 6.42 Å². The topological polar surface area (TPSA) is 78.0 Å². The van der Waals surface area contributed by atoms with Gasteiger partial charge in [-0.15, -0.1) is 0 Å². The Morgan fingerprint density at radius 3 is 2.31 bits per heavy atom. The summed E-state index contributed by atoms with van der Waals surface area (Å²) in [5.74, 6) is -0.491. The monoisotopic (exact) mass is 371 g/mol. The van der Waals surface area contributed by atoms with Crippen LogP contribution in [0.5, 0.6) is 0 Å². The molecule has 26 heavy (non-hydrogen) atoms. The standard InChI is InChI=1S/C18H17N3O4S/c22-17(15-7-2-1-3-8-15)19-12-13-21(18(19)23)26(24,25)20-11-10-14-6-4-5-9-16(14)20/h1-9H,10-13H2. The molecule has 0 spiro atoms. The number of para-hydroxylation sites is 1. The molecule has 4 rings (SSSR count). The molecule has 7 nitrogen and oxygen atoms in total. The SMILES string of the molecule is O=C(c1ccccc1)N1CCN(S(=O)(=O)N2CCc3ccccc32)C1=O. The molecule has 2 aliphatic rings. The minimum absolute atomic E-state index is 0.0429. The summed E-state index contributed by atoms with van der Waals surface area (Å²) >= 11 is 0. The van der Waals surface area contributed by atoms with Crippen LogP contribution < -0.4 is 4.31 Å². The Labute approximate surface area is 151 Å². The van der Waals surface area contributed by atoms with E-state index in [9.17, 15) is 18.0 Å². The molecule has 0 radical (unpaired) electrons. The minimum atomic E-state index is -4.03. The lowest BCUT2D eigenvalue weighted by atomic mass is 10.2. The van der Waals surface area contributed by atoms with Crippen LogP contribution in [0.4, 0.5) is 10.5 Å². The van der Waals surface area contributed by atoms with E-state index >= 15 is 0 Å². The maximum Gasteiger partial charge on any atom is 0.342 e. The minimum Gasteiger partial charge on any atom is -0.269 e. The predicted molar refractivity (Wildman–Crippen MR) is 96.0 cm³/mol. The lowest BCUT2D eigenvalue weighted by Gasteiger charge is -2.25. The average Bonchev–Trinajstić information content (AvgIpc) is 3.26. The normalized spacial score (nSPS) is 16.9. The summed E-state index contributed by atoms with van der Waals surface area (Å²) in [5.41, 5.74) is 1.87. The van der Waals surface area contributed by atoms with Crippen LogP contribution in [0, 0.1) is 0 Å². The largest absolute Gasteiger partial charge is 0.342 e. The van der Waals surface area contributed by atoms with E-state index < -0.39 is 22.1 Å². The Balaban J connectivity index is 1.60. The fraction of sp³-hybridized carbons (Fsp3) is 0.222. The predicted octanol–water partition coefficient (Wildman–Crippen LogP) is 1.87. The molecule has 8 heteroatoms. The molecule has 1 saturated heterocycles. The van der Waals surface area contributed by atoms with Gasteiger partial charge in [0.15, 0.2) is 0 Å². The first-order chi connectivity index (χ1) is 12.5. The first kappa shape index (κ1) is 16.6. The van der Waals surface area contributed by atoms with Gasteiger partial charge in [-0.1, -0.05) is 36.4 Å². The van der Waals surface area contributed by atoms with E-state index in [2.05, 4.69) is 0 Å². The van der Waals surface area contributed by atoms with Crippen LogP contribution in [0.2, 0.25) is 0 Å². The van der Waals surface area contributed by atoms with Gasteiger partial charge >= 0.3 is 16.2 Å². The molecule has 3 amide bonds. The van der Waals surface area contributed by atoms with Gasteiger partial charge in [-0.05, 0) is 30.2 Å². The summed E-state index contributed by atoms with van der Waals surface area (Å²) in [7, 11) is -4.03. The summed E-state index contributed by atoms with van der Waals surface area (Å²) in [5, 5.41) is 0. The molecule has 0 aliphatic carbocycles. The summed E-state index contributed by atoms with van der Waals surface area (Å²) in [6.45, 7) is 0.289. The summed E-state index contributed by atoms with van der Waals surface area (Å²) in [4.78, 5) is 26.2. The Hall–Kier alpha value is -2.87. The molecule has 0 atom stereocenters. The highest BCUT2D eigenvalue weighted by molar-refractivity contribution is 7.91. The first-order valence-corrected chi connectivity index (χ1v) is 9.69. The molecule has 1 fully saturated rings. The quantitative estimate of drug-likeness (QED) is 0.825. The van der Waals surface area contributed by atoms with Crippen molar-refractivity contribution in [2.75, 3.05) is 23.9 Å². The van der Waals surface area contributed by atoms with E-state index in [1.165, 1.54) is 4.31 Å². The van der Waals surface area contributed by atoms with Gasteiger partial charge < -0.3 is 0 Å². The molecule has 0 aromatic heterocycles. The number of hydrogen-bond acceptors (Lipinski definition) is 4. The van der Waals surface area contributed by atoms with E-state index in [1.807, 2.05) is 12.1 Å². The second-order valence-electron chi connectivity index (χ2n) is 6.14. The van der Waals surface area contributed by atoms with Crippen molar-refractivity contribution in [1.29, 1.82) is 0 Å². The van der Waals surface area contributed by atoms with E-state index in [0.29, 0.717) is 17.7 Å². The van der Waals surface area contributed by atoms with Crippen molar-refractivity contribution in [2.24, 2.45) is 0 Å². The fourth-order valence-corrected chi connectivity index (χ4v) is 4.92. The van der Waals surface area contributed by atoms with Crippen molar-refractivity contribution >= 4 is 27.8 Å². The highest BCUT2D eigenvalue weighted by Gasteiger charge is 2.44. The van der Waals surface area contributed by atoms with Gasteiger partial charge in [0.1, 0.15) is 0 Å². The highest BCUT2D eigenvalue weighted by Crippen LogP contribution is 2.32. The van der Waals surface area contributed by atoms with Crippen LogP contribution in [0.15, 0.2) is 54.6 Å². The Morgan fingerprint density at radius 2 is 1.54 bits per heavy atom. The zero-order valence-electron chi connectivity index (χ0n) is 13.9. The van der Waals surface area contributed by atoms with Crippen LogP contribution >= 0.6 is 0 Å². The number of rotatable bonds is 3. The van der Waals surface area contributed by atoms with Crippen LogP contribution in [0.1, 0.15) is 15.9 Å². The van der Waals surface area contributed by atoms with Crippen LogP contribution in [-0.2, 0) is 16.6 Å². The van der Waals surface area contributed by atoms with Gasteiger partial charge in [-0.3, -0.25) is 14.0 Å². The molecular weight excluding hydrogens is 354 g/mol. The smallest absolute Gasteiger partial charge is 0.269 e. The van der Waals surface area contributed by atoms with Crippen LogP contribution in [-0.4, -0.2) is 49.2 Å². The number of amides is 3. The number of benzene rings is 2. The molecule has 134 valence electrons. The van der Waals surface area contributed by atoms with Gasteiger partial charge in [0.2, 0.25) is 0 Å². The molecule has 0 bridgehead atoms. The van der Waals surface area contributed by atoms with Gasteiger partial charge in [-0.2, -0.15) is 8.42 Å². The van der Waals surface area contributed by atoms with Crippen molar-refractivity contribution in [3.8, 4) is 0 Å². The third-order valence-corrected chi connectivity index (χ3v) is 6.47. The maximum absolute atomic E-state index is 13.0. The van der Waals surface area contributed by atoms with Gasteiger partial charge in [0.25, 0.3) is 5.91 Å². The summed E-state index contributed by atoms with van der Waals surface area (Å²) in [6.07, 6.45) is 0.601. The van der Waals surface area contributed by atoms with Crippen molar-refractivity contribution < 1.29 is 18.0 Å². The number of hydrogen-bond donors (Lipinski definition) is 0. The van der Waals surface area contributed by atoms with Gasteiger partial charge in [0.05, 0.1) is 12.2 Å². The third kappa shape index (κ3) is 2.53. The fourth-order valence-electron chi connectivity index (χ4n) is 3.32. The molecule has 0 N–H and O–H groups in total. The van der Waals surface area contributed by atoms with E-state index in [0.717, 1.165) is 14.8 Å². The lowest BCUT2D eigenvalue weighted by Crippen LogP contribution is -2.46. The number of imide groups is 1. The van der Waals surface area contributed by atoms with Gasteiger partial charge in [0, 0.05) is 18.7 Å². The zero-order valence-corrected chi connectivity index (χ0v) is 14.7. The first-order valence-electron chi connectivity index (χ1n) is 8.29. The molecule has 2 aromatic carbocycles. The Kier molecular flexibility index (Phi) is 3.91. The van der Waals surface area contributed by atoms with Crippen molar-refractivity contribution in [3.05, 3.63) is 65.7 Å². The van der Waals surface area contributed by atoms with E-state index in [1.54, 1.807) is 42.5 Å². The Bertz CT molecular complexity index is 975. The molecule has 0 saturated carbocycles. The number of carbonyl (C=O) groups is 2. The summed E-state index contributed by atoms with van der Waals surface area (Å²) in [6, 6.07) is 14.8. The lowest BCUT2D eigenvalue weighted by molar-refractivity contribution is 0.0826. The second kappa shape index (κ2) is 6.14. The number of urea groups is 1. The Morgan fingerprint density at radius 1 is 0.846 bits per heavy atom. The number of fused-ring (bicyclic) bond motifs is 1. The maximum atomic E-state index is 13.0.